The number of hydrogen-bond donors (Lipinski definition) is 1. The molecule has 14 heavy (non-hydrogen) atoms. The van der Waals surface area contributed by atoms with E-state index in [4.69, 9.17) is 0 Å². The SMILES string of the molecule is c1cc(NC2CC3(CCC3)C2)ccn1. The van der Waals surface area contributed by atoms with Crippen molar-refractivity contribution in [2.24, 2.45) is 5.41 Å². The Balaban J connectivity index is 1.56. The Morgan fingerprint density at radius 2 is 1.93 bits per heavy atom. The first-order chi connectivity index (χ1) is 6.86. The van der Waals surface area contributed by atoms with Crippen molar-refractivity contribution in [1.29, 1.82) is 0 Å². The zero-order valence-corrected chi connectivity index (χ0v) is 8.37. The van der Waals surface area contributed by atoms with Crippen LogP contribution in [0.25, 0.3) is 0 Å². The van der Waals surface area contributed by atoms with Gasteiger partial charge in [-0.05, 0) is 43.2 Å². The van der Waals surface area contributed by atoms with Crippen LogP contribution in [0, 0.1) is 5.41 Å². The van der Waals surface area contributed by atoms with Gasteiger partial charge in [-0.2, -0.15) is 0 Å². The van der Waals surface area contributed by atoms with Gasteiger partial charge in [0.1, 0.15) is 0 Å². The molecule has 74 valence electrons. The number of pyridine rings is 1. The fourth-order valence-corrected chi connectivity index (χ4v) is 2.86. The molecule has 2 heteroatoms. The first kappa shape index (κ1) is 8.27. The van der Waals surface area contributed by atoms with Gasteiger partial charge < -0.3 is 5.32 Å². The van der Waals surface area contributed by atoms with Crippen molar-refractivity contribution in [3.63, 3.8) is 0 Å². The minimum Gasteiger partial charge on any atom is -0.382 e. The lowest BCUT2D eigenvalue weighted by atomic mass is 9.54. The highest BCUT2D eigenvalue weighted by Gasteiger charge is 2.47. The summed E-state index contributed by atoms with van der Waals surface area (Å²) in [5.41, 5.74) is 1.99. The van der Waals surface area contributed by atoms with Gasteiger partial charge in [-0.3, -0.25) is 4.98 Å². The van der Waals surface area contributed by atoms with E-state index in [1.807, 2.05) is 24.5 Å². The molecule has 0 atom stereocenters. The Morgan fingerprint density at radius 3 is 2.50 bits per heavy atom. The first-order valence-corrected chi connectivity index (χ1v) is 5.53. The number of aromatic nitrogens is 1. The lowest BCUT2D eigenvalue weighted by Crippen LogP contribution is -2.49. The van der Waals surface area contributed by atoms with E-state index in [-0.39, 0.29) is 0 Å². The number of nitrogens with zero attached hydrogens (tertiary/aromatic N) is 1. The summed E-state index contributed by atoms with van der Waals surface area (Å²) in [7, 11) is 0. The van der Waals surface area contributed by atoms with E-state index in [1.165, 1.54) is 37.8 Å². The Morgan fingerprint density at radius 1 is 1.21 bits per heavy atom. The Kier molecular flexibility index (Phi) is 1.76. The van der Waals surface area contributed by atoms with Crippen LogP contribution in [0.1, 0.15) is 32.1 Å². The summed E-state index contributed by atoms with van der Waals surface area (Å²) < 4.78 is 0. The minimum atomic E-state index is 0.720. The summed E-state index contributed by atoms with van der Waals surface area (Å²) in [5.74, 6) is 0. The molecule has 0 aliphatic heterocycles. The highest BCUT2D eigenvalue weighted by molar-refractivity contribution is 5.42. The topological polar surface area (TPSA) is 24.9 Å². The van der Waals surface area contributed by atoms with E-state index in [2.05, 4.69) is 10.3 Å². The van der Waals surface area contributed by atoms with Gasteiger partial charge >= 0.3 is 0 Å². The minimum absolute atomic E-state index is 0.720. The second-order valence-electron chi connectivity index (χ2n) is 4.84. The number of anilines is 1. The van der Waals surface area contributed by atoms with Gasteiger partial charge in [0.25, 0.3) is 0 Å². The summed E-state index contributed by atoms with van der Waals surface area (Å²) in [5, 5.41) is 3.56. The second-order valence-corrected chi connectivity index (χ2v) is 4.84. The Bertz CT molecular complexity index is 308. The lowest BCUT2D eigenvalue weighted by molar-refractivity contribution is 0.0192. The summed E-state index contributed by atoms with van der Waals surface area (Å²) in [6.07, 6.45) is 10.9. The molecule has 1 N–H and O–H groups in total. The molecule has 2 aliphatic carbocycles. The molecule has 0 amide bonds. The van der Waals surface area contributed by atoms with Crippen molar-refractivity contribution >= 4 is 5.69 Å². The molecule has 1 aromatic rings. The van der Waals surface area contributed by atoms with Crippen LogP contribution in [0.4, 0.5) is 5.69 Å². The van der Waals surface area contributed by atoms with Crippen molar-refractivity contribution in [3.05, 3.63) is 24.5 Å². The van der Waals surface area contributed by atoms with Crippen molar-refractivity contribution in [1.82, 2.24) is 4.98 Å². The monoisotopic (exact) mass is 188 g/mol. The van der Waals surface area contributed by atoms with Crippen LogP contribution in [0.2, 0.25) is 0 Å². The maximum Gasteiger partial charge on any atom is 0.0373 e. The van der Waals surface area contributed by atoms with Crippen LogP contribution >= 0.6 is 0 Å². The smallest absolute Gasteiger partial charge is 0.0373 e. The predicted molar refractivity (Wildman–Crippen MR) is 57.2 cm³/mol. The maximum atomic E-state index is 4.01. The molecule has 2 saturated carbocycles. The third kappa shape index (κ3) is 1.29. The third-order valence-electron chi connectivity index (χ3n) is 3.82. The summed E-state index contributed by atoms with van der Waals surface area (Å²) in [6, 6.07) is 4.81. The highest BCUT2D eigenvalue weighted by atomic mass is 15.0. The lowest BCUT2D eigenvalue weighted by Gasteiger charge is -2.54. The van der Waals surface area contributed by atoms with E-state index in [0.29, 0.717) is 0 Å². The van der Waals surface area contributed by atoms with Crippen molar-refractivity contribution < 1.29 is 0 Å². The predicted octanol–water partition coefficient (Wildman–Crippen LogP) is 2.83. The molecule has 1 aromatic heterocycles. The number of rotatable bonds is 2. The number of nitrogens with one attached hydrogen (secondary N) is 1. The third-order valence-corrected chi connectivity index (χ3v) is 3.82. The first-order valence-electron chi connectivity index (χ1n) is 5.53. The van der Waals surface area contributed by atoms with Gasteiger partial charge in [-0.1, -0.05) is 6.42 Å². The zero-order valence-electron chi connectivity index (χ0n) is 8.37. The molecule has 3 rings (SSSR count). The van der Waals surface area contributed by atoms with E-state index in [0.717, 1.165) is 11.5 Å². The highest BCUT2D eigenvalue weighted by Crippen LogP contribution is 2.56. The van der Waals surface area contributed by atoms with E-state index in [1.54, 1.807) is 0 Å². The van der Waals surface area contributed by atoms with Gasteiger partial charge in [0.2, 0.25) is 0 Å². The second kappa shape index (κ2) is 2.97. The molecule has 0 bridgehead atoms. The summed E-state index contributed by atoms with van der Waals surface area (Å²) in [6.45, 7) is 0. The van der Waals surface area contributed by atoms with Crippen LogP contribution in [0.3, 0.4) is 0 Å². The van der Waals surface area contributed by atoms with E-state index < -0.39 is 0 Å². The van der Waals surface area contributed by atoms with Crippen molar-refractivity contribution in [2.75, 3.05) is 5.32 Å². The normalized spacial score (nSPS) is 24.0. The molecule has 0 aromatic carbocycles. The zero-order chi connectivity index (χ0) is 9.43. The van der Waals surface area contributed by atoms with Gasteiger partial charge in [0, 0.05) is 24.1 Å². The molecule has 2 aliphatic rings. The fourth-order valence-electron chi connectivity index (χ4n) is 2.86. The molecule has 2 fully saturated rings. The van der Waals surface area contributed by atoms with Crippen LogP contribution < -0.4 is 5.32 Å². The largest absolute Gasteiger partial charge is 0.382 e. The summed E-state index contributed by atoms with van der Waals surface area (Å²) in [4.78, 5) is 4.01. The van der Waals surface area contributed by atoms with Crippen molar-refractivity contribution in [2.45, 2.75) is 38.1 Å². The van der Waals surface area contributed by atoms with Crippen LogP contribution in [0.15, 0.2) is 24.5 Å². The van der Waals surface area contributed by atoms with Crippen LogP contribution in [-0.4, -0.2) is 11.0 Å². The standard InChI is InChI=1S/C12H16N2/c1-4-12(5-1)8-11(9-12)14-10-2-6-13-7-3-10/h2-3,6-7,11H,1,4-5,8-9H2,(H,13,14). The fraction of sp³-hybridized carbons (Fsp3) is 0.583. The quantitative estimate of drug-likeness (QED) is 0.772. The Hall–Kier alpha value is -1.05. The summed E-state index contributed by atoms with van der Waals surface area (Å²) >= 11 is 0. The molecule has 1 spiro atoms. The molecule has 1 heterocycles. The molecular formula is C12H16N2. The molecule has 0 radical (unpaired) electrons. The van der Waals surface area contributed by atoms with Crippen molar-refractivity contribution in [3.8, 4) is 0 Å². The molecule has 0 unspecified atom stereocenters. The average molecular weight is 188 g/mol. The molecular weight excluding hydrogens is 172 g/mol. The van der Waals surface area contributed by atoms with E-state index in [9.17, 15) is 0 Å². The molecule has 2 nitrogen and oxygen atoms in total. The van der Waals surface area contributed by atoms with E-state index >= 15 is 0 Å². The number of hydrogen-bond acceptors (Lipinski definition) is 2. The Labute approximate surface area is 84.7 Å². The van der Waals surface area contributed by atoms with Gasteiger partial charge in [-0.25, -0.2) is 0 Å². The van der Waals surface area contributed by atoms with Crippen LogP contribution in [0.5, 0.6) is 0 Å². The van der Waals surface area contributed by atoms with Gasteiger partial charge in [0.05, 0.1) is 0 Å². The van der Waals surface area contributed by atoms with Gasteiger partial charge in [-0.15, -0.1) is 0 Å². The average Bonchev–Trinajstić information content (AvgIpc) is 2.09. The van der Waals surface area contributed by atoms with Crippen LogP contribution in [-0.2, 0) is 0 Å². The van der Waals surface area contributed by atoms with Gasteiger partial charge in [0.15, 0.2) is 0 Å². The molecule has 0 saturated heterocycles. The maximum absolute atomic E-state index is 4.01.